The molecule has 6 aromatic carbocycles. The Morgan fingerprint density at radius 1 is 0.527 bits per heavy atom. The van der Waals surface area contributed by atoms with Gasteiger partial charge in [0, 0.05) is 63.5 Å². The van der Waals surface area contributed by atoms with E-state index >= 15 is 0 Å². The fourth-order valence-corrected chi connectivity index (χ4v) is 9.15. The third kappa shape index (κ3) is 11.8. The van der Waals surface area contributed by atoms with Crippen LogP contribution in [-0.4, -0.2) is 117 Å². The average Bonchev–Trinajstić information content (AvgIpc) is 4.07. The Bertz CT molecular complexity index is 3180. The Morgan fingerprint density at radius 3 is 1.53 bits per heavy atom. The molecule has 2 aliphatic heterocycles. The predicted molar refractivity (Wildman–Crippen MR) is 278 cm³/mol. The molecule has 2 saturated heterocycles. The Balaban J connectivity index is 0.000000182. The lowest BCUT2D eigenvalue weighted by Crippen LogP contribution is -2.35. The minimum atomic E-state index is -1.23. The van der Waals surface area contributed by atoms with Gasteiger partial charge in [-0.15, -0.1) is 0 Å². The van der Waals surface area contributed by atoms with Crippen LogP contribution in [0.3, 0.4) is 0 Å². The molecule has 2 aromatic heterocycles. The lowest BCUT2D eigenvalue weighted by atomic mass is 9.95. The summed E-state index contributed by atoms with van der Waals surface area (Å²) in [6.45, 7) is 10.3. The number of ether oxygens (including phenoxy) is 2. The van der Waals surface area contributed by atoms with Crippen molar-refractivity contribution >= 4 is 11.9 Å². The number of carbonyl (C=O) groups excluding carboxylic acids is 1. The van der Waals surface area contributed by atoms with E-state index in [-0.39, 0.29) is 62.9 Å². The Morgan fingerprint density at radius 2 is 1.00 bits per heavy atom. The minimum Gasteiger partial charge on any atom is -0.508 e. The van der Waals surface area contributed by atoms with Crippen LogP contribution in [0.4, 0.5) is 0 Å². The molecule has 4 heterocycles. The summed E-state index contributed by atoms with van der Waals surface area (Å²) in [4.78, 5) is 29.5. The molecule has 380 valence electrons. The number of nitrogens with zero attached hydrogens (tertiary/aromatic N) is 4. The molecule has 16 heteroatoms. The van der Waals surface area contributed by atoms with E-state index in [0.29, 0.717) is 60.4 Å². The molecular weight excluding hydrogens is 943 g/mol. The maximum absolute atomic E-state index is 12.9. The van der Waals surface area contributed by atoms with Crippen molar-refractivity contribution in [2.75, 3.05) is 59.2 Å². The number of phenolic OH excluding ortho intramolecular Hbond substituents is 4. The molecule has 1 amide bonds. The summed E-state index contributed by atoms with van der Waals surface area (Å²) < 4.78 is 22.0. The van der Waals surface area contributed by atoms with Crippen LogP contribution in [0.15, 0.2) is 143 Å². The van der Waals surface area contributed by atoms with Gasteiger partial charge in [0.05, 0.1) is 48.7 Å². The van der Waals surface area contributed by atoms with Crippen LogP contribution in [-0.2, 0) is 35.4 Å². The van der Waals surface area contributed by atoms with Crippen molar-refractivity contribution < 1.29 is 53.6 Å². The monoisotopic (exact) mass is 999 g/mol. The first-order chi connectivity index (χ1) is 36.0. The van der Waals surface area contributed by atoms with Gasteiger partial charge in [0.1, 0.15) is 23.0 Å². The van der Waals surface area contributed by atoms with Gasteiger partial charge >= 0.3 is 5.97 Å². The summed E-state index contributed by atoms with van der Waals surface area (Å²) in [5.41, 5.74) is 7.84. The molecule has 0 atom stereocenters. The number of hydrogen-bond acceptors (Lipinski definition) is 14. The Hall–Kier alpha value is -8.28. The van der Waals surface area contributed by atoms with Crippen LogP contribution in [0.1, 0.15) is 50.2 Å². The van der Waals surface area contributed by atoms with E-state index in [1.54, 1.807) is 12.1 Å². The number of aromatic hydroxyl groups is 4. The molecule has 0 unspecified atom stereocenters. The molecule has 0 bridgehead atoms. The van der Waals surface area contributed by atoms with Crippen LogP contribution >= 0.6 is 0 Å². The van der Waals surface area contributed by atoms with Crippen LogP contribution < -0.4 is 5.32 Å². The molecule has 74 heavy (non-hydrogen) atoms. The Labute approximate surface area is 427 Å². The highest BCUT2D eigenvalue weighted by Crippen LogP contribution is 2.45. The van der Waals surface area contributed by atoms with E-state index in [9.17, 15) is 35.1 Å². The lowest BCUT2D eigenvalue weighted by Gasteiger charge is -2.26. The topological polar surface area (TPSA) is 224 Å². The molecular formula is C58H57N5O11. The number of aromatic carboxylic acids is 1. The van der Waals surface area contributed by atoms with Crippen LogP contribution in [0, 0.1) is 0 Å². The minimum absolute atomic E-state index is 0.0378. The summed E-state index contributed by atoms with van der Waals surface area (Å²) in [5, 5.41) is 63.0. The van der Waals surface area contributed by atoms with Gasteiger partial charge in [0.15, 0.2) is 22.9 Å². The number of nitrogens with one attached hydrogen (secondary N) is 1. The number of rotatable bonds is 15. The number of benzene rings is 6. The normalized spacial score (nSPS) is 14.0. The summed E-state index contributed by atoms with van der Waals surface area (Å²) in [6, 6.07) is 40.6. The molecule has 2 fully saturated rings. The lowest BCUT2D eigenvalue weighted by molar-refractivity contribution is 0.0341. The van der Waals surface area contributed by atoms with Crippen molar-refractivity contribution in [3.63, 3.8) is 0 Å². The first-order valence-corrected chi connectivity index (χ1v) is 24.5. The SMILES string of the molecule is CCNC(=O)c1noc(-c2cc(-c3ccccc3)c(O)cc2O)c1-c1ccc(CN2CCOCC2)cc1.O=C(O)c1noc(-c2cc(CCc3ccccc3)c(O)cc2O)c1-c1ccc(CN2CCOCC2)cc1. The summed E-state index contributed by atoms with van der Waals surface area (Å²) in [7, 11) is 0. The van der Waals surface area contributed by atoms with Crippen LogP contribution in [0.2, 0.25) is 0 Å². The zero-order chi connectivity index (χ0) is 51.6. The number of hydrogen-bond donors (Lipinski definition) is 6. The smallest absolute Gasteiger partial charge is 0.358 e. The third-order valence-electron chi connectivity index (χ3n) is 13.1. The molecule has 2 aliphatic rings. The van der Waals surface area contributed by atoms with Crippen molar-refractivity contribution in [1.29, 1.82) is 0 Å². The predicted octanol–water partition coefficient (Wildman–Crippen LogP) is 9.40. The van der Waals surface area contributed by atoms with E-state index < -0.39 is 5.97 Å². The van der Waals surface area contributed by atoms with Gasteiger partial charge in [-0.1, -0.05) is 120 Å². The van der Waals surface area contributed by atoms with E-state index in [1.807, 2.05) is 116 Å². The van der Waals surface area contributed by atoms with Crippen molar-refractivity contribution in [1.82, 2.24) is 25.4 Å². The summed E-state index contributed by atoms with van der Waals surface area (Å²) in [6.07, 6.45) is 1.21. The fourth-order valence-electron chi connectivity index (χ4n) is 9.15. The number of morpholine rings is 2. The van der Waals surface area contributed by atoms with Crippen molar-refractivity contribution in [3.05, 3.63) is 167 Å². The summed E-state index contributed by atoms with van der Waals surface area (Å²) >= 11 is 0. The first-order valence-electron chi connectivity index (χ1n) is 24.5. The molecule has 0 spiro atoms. The number of aryl methyl sites for hydroxylation is 2. The van der Waals surface area contributed by atoms with Crippen molar-refractivity contribution in [3.8, 4) is 79.0 Å². The van der Waals surface area contributed by atoms with Gasteiger partial charge in [0.2, 0.25) is 0 Å². The molecule has 0 radical (unpaired) electrons. The zero-order valence-corrected chi connectivity index (χ0v) is 40.9. The Kier molecular flexibility index (Phi) is 16.1. The van der Waals surface area contributed by atoms with Gasteiger partial charge in [-0.3, -0.25) is 14.6 Å². The largest absolute Gasteiger partial charge is 0.508 e. The zero-order valence-electron chi connectivity index (χ0n) is 40.9. The maximum Gasteiger partial charge on any atom is 0.358 e. The molecule has 0 aliphatic carbocycles. The second-order valence-corrected chi connectivity index (χ2v) is 18.0. The summed E-state index contributed by atoms with van der Waals surface area (Å²) in [5.74, 6) is -1.72. The fraction of sp³-hybridized carbons (Fsp3) is 0.241. The highest BCUT2D eigenvalue weighted by atomic mass is 16.5. The van der Waals surface area contributed by atoms with E-state index in [4.69, 9.17) is 18.5 Å². The molecule has 0 saturated carbocycles. The quantitative estimate of drug-likeness (QED) is 0.0563. The van der Waals surface area contributed by atoms with E-state index in [0.717, 1.165) is 80.3 Å². The van der Waals surface area contributed by atoms with Crippen molar-refractivity contribution in [2.45, 2.75) is 32.9 Å². The van der Waals surface area contributed by atoms with Crippen molar-refractivity contribution in [2.24, 2.45) is 0 Å². The number of carbonyl (C=O) groups is 2. The second kappa shape index (κ2) is 23.5. The van der Waals surface area contributed by atoms with Crippen LogP contribution in [0.5, 0.6) is 23.0 Å². The number of amides is 1. The maximum atomic E-state index is 12.9. The number of aromatic nitrogens is 2. The standard InChI is InChI=1S/C29H29N3O5.C29H28N2O6/c1-2-30-29(35)27-26(21-10-8-19(9-11-21)18-32-12-14-36-15-13-32)28(37-31-27)23-16-22(24(33)17-25(23)34)20-6-4-3-5-7-20;32-24-17-25(33)23(16-22(24)11-6-19-4-2-1-3-5-19)28-26(27(29(34)35)30-37-28)21-9-7-20(8-10-21)18-31-12-14-36-15-13-31/h3-11,16-17,33-34H,2,12-15,18H2,1H3,(H,30,35);1-5,7-10,16-17,32-33H,6,11-15,18H2,(H,34,35). The number of carboxylic acids is 1. The van der Waals surface area contributed by atoms with E-state index in [1.165, 1.54) is 12.1 Å². The number of carboxylic acid groups (broad SMARTS) is 1. The van der Waals surface area contributed by atoms with Gasteiger partial charge in [-0.25, -0.2) is 4.79 Å². The highest BCUT2D eigenvalue weighted by Gasteiger charge is 2.29. The van der Waals surface area contributed by atoms with Gasteiger partial charge in [-0.05, 0) is 70.8 Å². The third-order valence-corrected chi connectivity index (χ3v) is 13.1. The van der Waals surface area contributed by atoms with Gasteiger partial charge in [0.25, 0.3) is 5.91 Å². The average molecular weight is 1000 g/mol. The molecule has 8 aromatic rings. The van der Waals surface area contributed by atoms with Gasteiger partial charge < -0.3 is 49.4 Å². The molecule has 16 nitrogen and oxygen atoms in total. The first kappa shape index (κ1) is 50.7. The number of phenols is 4. The molecule has 6 N–H and O–H groups in total. The van der Waals surface area contributed by atoms with Crippen LogP contribution in [0.25, 0.3) is 56.0 Å². The molecule has 10 rings (SSSR count). The van der Waals surface area contributed by atoms with E-state index in [2.05, 4.69) is 25.4 Å². The second-order valence-electron chi connectivity index (χ2n) is 18.0. The highest BCUT2D eigenvalue weighted by molar-refractivity contribution is 6.03. The van der Waals surface area contributed by atoms with Gasteiger partial charge in [-0.2, -0.15) is 0 Å².